The minimum Gasteiger partial charge on any atom is -0.481 e. The van der Waals surface area contributed by atoms with Gasteiger partial charge < -0.3 is 15.3 Å². The summed E-state index contributed by atoms with van der Waals surface area (Å²) in [6.45, 7) is 4.48. The smallest absolute Gasteiger partial charge is 0.304 e. The number of amides is 1. The zero-order valence-corrected chi connectivity index (χ0v) is 12.7. The van der Waals surface area contributed by atoms with Crippen LogP contribution in [0, 0.1) is 0 Å². The second-order valence-electron chi connectivity index (χ2n) is 6.16. The summed E-state index contributed by atoms with van der Waals surface area (Å²) in [4.78, 5) is 26.9. The summed E-state index contributed by atoms with van der Waals surface area (Å²) < 4.78 is 0. The normalized spacial score (nSPS) is 22.1. The average molecular weight is 297 g/mol. The van der Waals surface area contributed by atoms with E-state index in [0.717, 1.165) is 39.0 Å². The number of hydrogen-bond donors (Lipinski definition) is 2. The van der Waals surface area contributed by atoms with E-state index in [0.29, 0.717) is 19.1 Å². The Labute approximate surface area is 126 Å². The van der Waals surface area contributed by atoms with E-state index in [-0.39, 0.29) is 12.3 Å². The van der Waals surface area contributed by atoms with Gasteiger partial charge in [0.25, 0.3) is 0 Å². The molecule has 1 saturated carbocycles. The number of carboxylic acid groups (broad SMARTS) is 1. The van der Waals surface area contributed by atoms with Gasteiger partial charge in [-0.1, -0.05) is 19.3 Å². The van der Waals surface area contributed by atoms with Crippen LogP contribution in [0.5, 0.6) is 0 Å². The van der Waals surface area contributed by atoms with Gasteiger partial charge in [0, 0.05) is 38.8 Å². The van der Waals surface area contributed by atoms with E-state index in [1.54, 1.807) is 0 Å². The summed E-state index contributed by atoms with van der Waals surface area (Å²) in [7, 11) is 0. The Morgan fingerprint density at radius 3 is 2.24 bits per heavy atom. The van der Waals surface area contributed by atoms with Gasteiger partial charge in [-0.2, -0.15) is 0 Å². The summed E-state index contributed by atoms with van der Waals surface area (Å²) in [6.07, 6.45) is 6.19. The zero-order chi connectivity index (χ0) is 15.1. The Bertz CT molecular complexity index is 348. The molecule has 0 atom stereocenters. The van der Waals surface area contributed by atoms with Crippen LogP contribution in [-0.2, 0) is 9.59 Å². The number of piperazine rings is 1. The van der Waals surface area contributed by atoms with Gasteiger partial charge in [-0.3, -0.25) is 14.5 Å². The number of rotatable bonds is 6. The SMILES string of the molecule is O=C(O)CCN1CCN(CC(=O)NC2CCCCC2)CC1. The molecule has 1 aliphatic heterocycles. The third-order valence-electron chi connectivity index (χ3n) is 4.44. The molecule has 2 N–H and O–H groups in total. The predicted octanol–water partition coefficient (Wildman–Crippen LogP) is 0.528. The van der Waals surface area contributed by atoms with Gasteiger partial charge in [0.05, 0.1) is 13.0 Å². The molecule has 0 spiro atoms. The van der Waals surface area contributed by atoms with Crippen LogP contribution in [0.15, 0.2) is 0 Å². The Hall–Kier alpha value is -1.14. The molecule has 0 radical (unpaired) electrons. The van der Waals surface area contributed by atoms with Crippen molar-refractivity contribution in [2.45, 2.75) is 44.6 Å². The van der Waals surface area contributed by atoms with Crippen molar-refractivity contribution in [3.05, 3.63) is 0 Å². The first-order valence-electron chi connectivity index (χ1n) is 8.09. The Morgan fingerprint density at radius 1 is 1.00 bits per heavy atom. The minimum atomic E-state index is -0.746. The van der Waals surface area contributed by atoms with E-state index in [2.05, 4.69) is 15.1 Å². The number of carbonyl (C=O) groups is 2. The lowest BCUT2D eigenvalue weighted by molar-refractivity contribution is -0.137. The first kappa shape index (κ1) is 16.2. The lowest BCUT2D eigenvalue weighted by Crippen LogP contribution is -2.50. The highest BCUT2D eigenvalue weighted by Gasteiger charge is 2.21. The van der Waals surface area contributed by atoms with Gasteiger partial charge >= 0.3 is 5.97 Å². The van der Waals surface area contributed by atoms with E-state index in [9.17, 15) is 9.59 Å². The van der Waals surface area contributed by atoms with E-state index < -0.39 is 5.97 Å². The number of nitrogens with zero attached hydrogens (tertiary/aromatic N) is 2. The highest BCUT2D eigenvalue weighted by atomic mass is 16.4. The van der Waals surface area contributed by atoms with Crippen molar-refractivity contribution < 1.29 is 14.7 Å². The maximum Gasteiger partial charge on any atom is 0.304 e. The molecule has 6 heteroatoms. The molecule has 1 saturated heterocycles. The fourth-order valence-corrected chi connectivity index (χ4v) is 3.15. The van der Waals surface area contributed by atoms with Crippen LogP contribution in [0.25, 0.3) is 0 Å². The van der Waals surface area contributed by atoms with Crippen LogP contribution < -0.4 is 5.32 Å². The average Bonchev–Trinajstić information content (AvgIpc) is 2.47. The molecule has 6 nitrogen and oxygen atoms in total. The number of aliphatic carboxylic acids is 1. The monoisotopic (exact) mass is 297 g/mol. The summed E-state index contributed by atoms with van der Waals surface area (Å²) in [5.74, 6) is -0.606. The van der Waals surface area contributed by atoms with E-state index in [1.165, 1.54) is 19.3 Å². The highest BCUT2D eigenvalue weighted by Crippen LogP contribution is 2.17. The fourth-order valence-electron chi connectivity index (χ4n) is 3.15. The standard InChI is InChI=1S/C15H27N3O3/c19-14(16-13-4-2-1-3-5-13)12-18-10-8-17(9-11-18)7-6-15(20)21/h13H,1-12H2,(H,16,19)(H,20,21). The molecule has 21 heavy (non-hydrogen) atoms. The van der Waals surface area contributed by atoms with Crippen LogP contribution in [0.1, 0.15) is 38.5 Å². The predicted molar refractivity (Wildman–Crippen MR) is 80.1 cm³/mol. The van der Waals surface area contributed by atoms with Crippen LogP contribution in [0.3, 0.4) is 0 Å². The summed E-state index contributed by atoms with van der Waals surface area (Å²) in [5.41, 5.74) is 0. The van der Waals surface area contributed by atoms with Crippen molar-refractivity contribution >= 4 is 11.9 Å². The molecule has 1 amide bonds. The Morgan fingerprint density at radius 2 is 1.62 bits per heavy atom. The second kappa shape index (κ2) is 8.34. The van der Waals surface area contributed by atoms with Gasteiger partial charge in [0.1, 0.15) is 0 Å². The quantitative estimate of drug-likeness (QED) is 0.748. The molecule has 0 bridgehead atoms. The molecule has 0 aromatic heterocycles. The Balaban J connectivity index is 1.61. The van der Waals surface area contributed by atoms with Gasteiger partial charge in [0.2, 0.25) is 5.91 Å². The molecule has 0 aromatic rings. The van der Waals surface area contributed by atoms with Crippen molar-refractivity contribution in [1.82, 2.24) is 15.1 Å². The second-order valence-corrected chi connectivity index (χ2v) is 6.16. The van der Waals surface area contributed by atoms with E-state index in [4.69, 9.17) is 5.11 Å². The highest BCUT2D eigenvalue weighted by molar-refractivity contribution is 5.78. The molecule has 1 aliphatic carbocycles. The van der Waals surface area contributed by atoms with Crippen LogP contribution in [0.4, 0.5) is 0 Å². The largest absolute Gasteiger partial charge is 0.481 e. The molecule has 1 heterocycles. The van der Waals surface area contributed by atoms with Crippen molar-refractivity contribution in [2.75, 3.05) is 39.3 Å². The Kier molecular flexibility index (Phi) is 6.45. The number of hydrogen-bond acceptors (Lipinski definition) is 4. The van der Waals surface area contributed by atoms with Gasteiger partial charge in [-0.15, -0.1) is 0 Å². The summed E-state index contributed by atoms with van der Waals surface area (Å²) in [5, 5.41) is 11.8. The van der Waals surface area contributed by atoms with Crippen LogP contribution in [-0.4, -0.2) is 72.1 Å². The van der Waals surface area contributed by atoms with Crippen LogP contribution in [0.2, 0.25) is 0 Å². The maximum absolute atomic E-state index is 12.0. The van der Waals surface area contributed by atoms with E-state index in [1.807, 2.05) is 0 Å². The van der Waals surface area contributed by atoms with Gasteiger partial charge in [0.15, 0.2) is 0 Å². The molecule has 2 fully saturated rings. The number of nitrogens with one attached hydrogen (secondary N) is 1. The van der Waals surface area contributed by atoms with Crippen molar-refractivity contribution in [1.29, 1.82) is 0 Å². The van der Waals surface area contributed by atoms with Crippen molar-refractivity contribution in [3.8, 4) is 0 Å². The molecule has 2 rings (SSSR count). The fraction of sp³-hybridized carbons (Fsp3) is 0.867. The van der Waals surface area contributed by atoms with E-state index >= 15 is 0 Å². The molecule has 120 valence electrons. The lowest BCUT2D eigenvalue weighted by Gasteiger charge is -2.34. The lowest BCUT2D eigenvalue weighted by atomic mass is 9.95. The molecule has 0 aromatic carbocycles. The third-order valence-corrected chi connectivity index (χ3v) is 4.44. The first-order chi connectivity index (χ1) is 10.1. The molecular formula is C15H27N3O3. The van der Waals surface area contributed by atoms with Crippen LogP contribution >= 0.6 is 0 Å². The maximum atomic E-state index is 12.0. The number of carbonyl (C=O) groups excluding carboxylic acids is 1. The van der Waals surface area contributed by atoms with Gasteiger partial charge in [-0.25, -0.2) is 0 Å². The first-order valence-corrected chi connectivity index (χ1v) is 8.09. The summed E-state index contributed by atoms with van der Waals surface area (Å²) >= 11 is 0. The number of carboxylic acids is 1. The molecule has 2 aliphatic rings. The van der Waals surface area contributed by atoms with Gasteiger partial charge in [-0.05, 0) is 12.8 Å². The van der Waals surface area contributed by atoms with Crippen molar-refractivity contribution in [3.63, 3.8) is 0 Å². The molecular weight excluding hydrogens is 270 g/mol. The summed E-state index contributed by atoms with van der Waals surface area (Å²) in [6, 6.07) is 0.378. The zero-order valence-electron chi connectivity index (χ0n) is 12.7. The topological polar surface area (TPSA) is 72.9 Å². The van der Waals surface area contributed by atoms with Crippen molar-refractivity contribution in [2.24, 2.45) is 0 Å². The minimum absolute atomic E-state index is 0.140. The third kappa shape index (κ3) is 6.01. The molecule has 0 unspecified atom stereocenters.